The SMILES string of the molecule is c1ccc2nc(-c3ccc4c(n3)oc3ccccc34)ccc2c1. The van der Waals surface area contributed by atoms with E-state index in [-0.39, 0.29) is 0 Å². The van der Waals surface area contributed by atoms with Crippen LogP contribution in [0.3, 0.4) is 0 Å². The van der Waals surface area contributed by atoms with Gasteiger partial charge >= 0.3 is 0 Å². The van der Waals surface area contributed by atoms with Crippen molar-refractivity contribution in [3.05, 3.63) is 72.8 Å². The fraction of sp³-hybridized carbons (Fsp3) is 0. The minimum Gasteiger partial charge on any atom is -0.438 e. The van der Waals surface area contributed by atoms with Crippen LogP contribution in [0.25, 0.3) is 44.4 Å². The summed E-state index contributed by atoms with van der Waals surface area (Å²) in [5, 5.41) is 3.25. The minimum atomic E-state index is 0.652. The third-order valence-electron chi connectivity index (χ3n) is 4.10. The van der Waals surface area contributed by atoms with E-state index in [2.05, 4.69) is 29.2 Å². The number of benzene rings is 2. The maximum Gasteiger partial charge on any atom is 0.227 e. The lowest BCUT2D eigenvalue weighted by molar-refractivity contribution is 0.654. The molecule has 3 heterocycles. The molecule has 3 aromatic heterocycles. The minimum absolute atomic E-state index is 0.652. The lowest BCUT2D eigenvalue weighted by Gasteiger charge is -2.02. The van der Waals surface area contributed by atoms with E-state index < -0.39 is 0 Å². The second-order valence-corrected chi connectivity index (χ2v) is 5.54. The summed E-state index contributed by atoms with van der Waals surface area (Å²) in [5.74, 6) is 0. The second-order valence-electron chi connectivity index (χ2n) is 5.54. The Labute approximate surface area is 132 Å². The molecule has 5 rings (SSSR count). The Balaban J connectivity index is 1.73. The van der Waals surface area contributed by atoms with Gasteiger partial charge in [0.25, 0.3) is 0 Å². The molecule has 0 atom stereocenters. The first-order valence-electron chi connectivity index (χ1n) is 7.53. The van der Waals surface area contributed by atoms with Crippen molar-refractivity contribution in [1.29, 1.82) is 0 Å². The van der Waals surface area contributed by atoms with Gasteiger partial charge in [-0.05, 0) is 30.3 Å². The van der Waals surface area contributed by atoms with Gasteiger partial charge in [0, 0.05) is 16.2 Å². The molecule has 3 heteroatoms. The highest BCUT2D eigenvalue weighted by atomic mass is 16.3. The fourth-order valence-corrected chi connectivity index (χ4v) is 2.96. The Morgan fingerprint density at radius 2 is 1.39 bits per heavy atom. The van der Waals surface area contributed by atoms with Crippen LogP contribution in [0.4, 0.5) is 0 Å². The molecule has 2 aromatic carbocycles. The predicted molar refractivity (Wildman–Crippen MR) is 92.3 cm³/mol. The van der Waals surface area contributed by atoms with Gasteiger partial charge < -0.3 is 4.42 Å². The first-order chi connectivity index (χ1) is 11.4. The molecule has 0 N–H and O–H groups in total. The van der Waals surface area contributed by atoms with Crippen LogP contribution in [-0.2, 0) is 0 Å². The molecule has 0 amide bonds. The Kier molecular flexibility index (Phi) is 2.50. The number of nitrogens with zero attached hydrogens (tertiary/aromatic N) is 2. The Morgan fingerprint density at radius 1 is 0.609 bits per heavy atom. The molecule has 0 aliphatic heterocycles. The van der Waals surface area contributed by atoms with E-state index in [0.29, 0.717) is 5.71 Å². The van der Waals surface area contributed by atoms with Crippen LogP contribution in [0.15, 0.2) is 77.2 Å². The van der Waals surface area contributed by atoms with Crippen molar-refractivity contribution < 1.29 is 4.42 Å². The Bertz CT molecular complexity index is 1170. The zero-order valence-corrected chi connectivity index (χ0v) is 12.2. The number of hydrogen-bond donors (Lipinski definition) is 0. The molecule has 0 saturated heterocycles. The highest BCUT2D eigenvalue weighted by Gasteiger charge is 2.10. The van der Waals surface area contributed by atoms with Gasteiger partial charge in [-0.2, -0.15) is 0 Å². The average Bonchev–Trinajstić information content (AvgIpc) is 2.99. The van der Waals surface area contributed by atoms with Gasteiger partial charge in [0.05, 0.1) is 16.9 Å². The van der Waals surface area contributed by atoms with E-state index in [0.717, 1.165) is 38.6 Å². The summed E-state index contributed by atoms with van der Waals surface area (Å²) in [6, 6.07) is 24.2. The molecule has 0 radical (unpaired) electrons. The van der Waals surface area contributed by atoms with Crippen molar-refractivity contribution in [3.63, 3.8) is 0 Å². The lowest BCUT2D eigenvalue weighted by Crippen LogP contribution is -1.88. The topological polar surface area (TPSA) is 38.9 Å². The number of para-hydroxylation sites is 2. The molecule has 5 aromatic rings. The number of hydrogen-bond acceptors (Lipinski definition) is 3. The van der Waals surface area contributed by atoms with Crippen LogP contribution >= 0.6 is 0 Å². The maximum atomic E-state index is 5.86. The number of furan rings is 1. The van der Waals surface area contributed by atoms with E-state index in [9.17, 15) is 0 Å². The average molecular weight is 296 g/mol. The fourth-order valence-electron chi connectivity index (χ4n) is 2.96. The Morgan fingerprint density at radius 3 is 2.39 bits per heavy atom. The summed E-state index contributed by atoms with van der Waals surface area (Å²) in [4.78, 5) is 9.36. The summed E-state index contributed by atoms with van der Waals surface area (Å²) < 4.78 is 5.86. The number of aromatic nitrogens is 2. The van der Waals surface area contributed by atoms with Gasteiger partial charge in [0.15, 0.2) is 0 Å². The number of pyridine rings is 2. The van der Waals surface area contributed by atoms with Crippen molar-refractivity contribution in [2.45, 2.75) is 0 Å². The van der Waals surface area contributed by atoms with Gasteiger partial charge in [0.2, 0.25) is 5.71 Å². The molecule has 108 valence electrons. The van der Waals surface area contributed by atoms with Crippen LogP contribution in [0.1, 0.15) is 0 Å². The normalized spacial score (nSPS) is 11.5. The molecule has 23 heavy (non-hydrogen) atoms. The van der Waals surface area contributed by atoms with Crippen molar-refractivity contribution in [1.82, 2.24) is 9.97 Å². The monoisotopic (exact) mass is 296 g/mol. The summed E-state index contributed by atoms with van der Waals surface area (Å²) in [6.45, 7) is 0. The first kappa shape index (κ1) is 12.4. The van der Waals surface area contributed by atoms with Crippen LogP contribution in [0, 0.1) is 0 Å². The van der Waals surface area contributed by atoms with Crippen molar-refractivity contribution >= 4 is 33.0 Å². The van der Waals surface area contributed by atoms with Crippen LogP contribution in [0.5, 0.6) is 0 Å². The number of rotatable bonds is 1. The summed E-state index contributed by atoms with van der Waals surface area (Å²) >= 11 is 0. The van der Waals surface area contributed by atoms with Crippen molar-refractivity contribution in [2.24, 2.45) is 0 Å². The lowest BCUT2D eigenvalue weighted by atomic mass is 10.1. The van der Waals surface area contributed by atoms with E-state index in [4.69, 9.17) is 9.40 Å². The molecular weight excluding hydrogens is 284 g/mol. The van der Waals surface area contributed by atoms with Gasteiger partial charge in [-0.1, -0.05) is 42.5 Å². The molecule has 0 aliphatic rings. The molecule has 0 bridgehead atoms. The van der Waals surface area contributed by atoms with E-state index in [1.54, 1.807) is 0 Å². The predicted octanol–water partition coefficient (Wildman–Crippen LogP) is 5.20. The zero-order valence-electron chi connectivity index (χ0n) is 12.2. The van der Waals surface area contributed by atoms with Gasteiger partial charge in [-0.15, -0.1) is 0 Å². The van der Waals surface area contributed by atoms with Gasteiger partial charge in [-0.25, -0.2) is 9.97 Å². The number of fused-ring (bicyclic) bond motifs is 4. The van der Waals surface area contributed by atoms with E-state index >= 15 is 0 Å². The van der Waals surface area contributed by atoms with Crippen molar-refractivity contribution in [2.75, 3.05) is 0 Å². The second kappa shape index (κ2) is 4.65. The van der Waals surface area contributed by atoms with Gasteiger partial charge in [-0.3, -0.25) is 0 Å². The summed E-state index contributed by atoms with van der Waals surface area (Å²) in [7, 11) is 0. The molecule has 0 saturated carbocycles. The highest BCUT2D eigenvalue weighted by Crippen LogP contribution is 2.29. The molecular formula is C20H12N2O. The third kappa shape index (κ3) is 1.90. The van der Waals surface area contributed by atoms with Gasteiger partial charge in [0.1, 0.15) is 5.58 Å². The zero-order chi connectivity index (χ0) is 15.2. The largest absolute Gasteiger partial charge is 0.438 e. The van der Waals surface area contributed by atoms with Crippen LogP contribution in [-0.4, -0.2) is 9.97 Å². The molecule has 0 fully saturated rings. The Hall–Kier alpha value is -3.20. The van der Waals surface area contributed by atoms with E-state index in [1.807, 2.05) is 48.5 Å². The van der Waals surface area contributed by atoms with Crippen LogP contribution in [0.2, 0.25) is 0 Å². The summed E-state index contributed by atoms with van der Waals surface area (Å²) in [5.41, 5.74) is 4.15. The standard InChI is InChI=1S/C20H12N2O/c1-3-7-16-13(5-1)9-11-17(21-16)18-12-10-15-14-6-2-4-8-19(14)23-20(15)22-18/h1-12H. The molecule has 0 aliphatic carbocycles. The summed E-state index contributed by atoms with van der Waals surface area (Å²) in [6.07, 6.45) is 0. The third-order valence-corrected chi connectivity index (χ3v) is 4.10. The highest BCUT2D eigenvalue weighted by molar-refractivity contribution is 6.03. The van der Waals surface area contributed by atoms with Crippen LogP contribution < -0.4 is 0 Å². The van der Waals surface area contributed by atoms with E-state index in [1.165, 1.54) is 0 Å². The maximum absolute atomic E-state index is 5.86. The molecule has 0 spiro atoms. The van der Waals surface area contributed by atoms with Crippen molar-refractivity contribution in [3.8, 4) is 11.4 Å². The molecule has 3 nitrogen and oxygen atoms in total. The quantitative estimate of drug-likeness (QED) is 0.427. The smallest absolute Gasteiger partial charge is 0.227 e. The molecule has 0 unspecified atom stereocenters. The first-order valence-corrected chi connectivity index (χ1v) is 7.53.